The topological polar surface area (TPSA) is 24.4 Å². The maximum absolute atomic E-state index is 12.7. The van der Waals surface area contributed by atoms with Crippen molar-refractivity contribution in [2.75, 3.05) is 17.2 Å². The summed E-state index contributed by atoms with van der Waals surface area (Å²) in [5, 5.41) is 3.72. The number of halogens is 8. The highest BCUT2D eigenvalue weighted by atomic mass is 35.5. The van der Waals surface area contributed by atoms with E-state index in [0.717, 1.165) is 12.1 Å². The van der Waals surface area contributed by atoms with Crippen LogP contribution in [0.1, 0.15) is 12.0 Å². The summed E-state index contributed by atoms with van der Waals surface area (Å²) in [6.07, 6.45) is -3.85. The second kappa shape index (κ2) is 7.04. The highest BCUT2D eigenvalue weighted by Gasteiger charge is 2.55. The molecule has 10 heteroatoms. The van der Waals surface area contributed by atoms with Crippen LogP contribution in [0.25, 0.3) is 0 Å². The Hall–Kier alpha value is -0.0700. The van der Waals surface area contributed by atoms with E-state index >= 15 is 0 Å². The van der Waals surface area contributed by atoms with Crippen molar-refractivity contribution in [2.24, 2.45) is 16.4 Å². The van der Waals surface area contributed by atoms with Crippen molar-refractivity contribution in [3.63, 3.8) is 0 Å². The van der Waals surface area contributed by atoms with Crippen molar-refractivity contribution in [1.82, 2.24) is 0 Å². The van der Waals surface area contributed by atoms with Gasteiger partial charge in [-0.15, -0.1) is 23.2 Å². The van der Waals surface area contributed by atoms with Gasteiger partial charge in [0.2, 0.25) is 0 Å². The van der Waals surface area contributed by atoms with Crippen LogP contribution in [0.4, 0.5) is 18.9 Å². The molecule has 0 heterocycles. The number of rotatable bonds is 5. The average Bonchev–Trinajstić information content (AvgIpc) is 3.20. The van der Waals surface area contributed by atoms with Crippen LogP contribution in [-0.2, 0) is 6.18 Å². The molecule has 1 aromatic carbocycles. The number of alkyl halides is 5. The summed E-state index contributed by atoms with van der Waals surface area (Å²) in [4.78, 5) is 0. The molecule has 0 aliphatic heterocycles. The number of benzene rings is 1. The quantitative estimate of drug-likeness (QED) is 0.325. The molecule has 23 heavy (non-hydrogen) atoms. The Balaban J connectivity index is 2.17. The number of anilines is 1. The van der Waals surface area contributed by atoms with E-state index in [1.54, 1.807) is 0 Å². The second-order valence-electron chi connectivity index (χ2n) is 5.25. The zero-order valence-corrected chi connectivity index (χ0v) is 15.1. The molecule has 0 aromatic heterocycles. The summed E-state index contributed by atoms with van der Waals surface area (Å²) in [6.45, 7) is 0. The molecule has 1 N–H and O–H groups in total. The van der Waals surface area contributed by atoms with Crippen molar-refractivity contribution in [2.45, 2.75) is 12.6 Å². The van der Waals surface area contributed by atoms with Crippen LogP contribution >= 0.6 is 58.0 Å². The van der Waals surface area contributed by atoms with Crippen LogP contribution in [0.3, 0.4) is 0 Å². The van der Waals surface area contributed by atoms with Gasteiger partial charge in [0, 0.05) is 23.1 Å². The Morgan fingerprint density at radius 3 is 2.13 bits per heavy atom. The molecule has 2 rings (SSSR count). The molecule has 2 nitrogen and oxygen atoms in total. The fraction of sp³-hybridized carbons (Fsp3) is 0.462. The fourth-order valence-corrected chi connectivity index (χ4v) is 3.85. The average molecular weight is 428 g/mol. The van der Waals surface area contributed by atoms with Crippen LogP contribution in [-0.4, -0.2) is 16.9 Å². The van der Waals surface area contributed by atoms with Crippen LogP contribution in [0.2, 0.25) is 10.0 Å². The van der Waals surface area contributed by atoms with E-state index in [0.29, 0.717) is 18.2 Å². The molecular formula is C13H10Cl5F3N2. The molecular weight excluding hydrogens is 418 g/mol. The minimum Gasteiger partial charge on any atom is -0.274 e. The predicted octanol–water partition coefficient (Wildman–Crippen LogP) is 6.46. The molecule has 1 unspecified atom stereocenters. The Bertz CT molecular complexity index is 606. The normalized spacial score (nSPS) is 20.5. The third-order valence-electron chi connectivity index (χ3n) is 3.65. The molecule has 1 atom stereocenters. The lowest BCUT2D eigenvalue weighted by Gasteiger charge is -2.12. The van der Waals surface area contributed by atoms with Crippen LogP contribution in [0.5, 0.6) is 0 Å². The smallest absolute Gasteiger partial charge is 0.274 e. The zero-order valence-electron chi connectivity index (χ0n) is 11.3. The number of nitrogens with one attached hydrogen (secondary N) is 1. The molecule has 1 aromatic rings. The first-order chi connectivity index (χ1) is 10.6. The Labute approximate surface area is 155 Å². The van der Waals surface area contributed by atoms with Gasteiger partial charge in [0.1, 0.15) is 5.17 Å². The highest BCUT2D eigenvalue weighted by molar-refractivity contribution is 6.66. The van der Waals surface area contributed by atoms with Gasteiger partial charge in [0.25, 0.3) is 0 Å². The standard InChI is InChI=1S/C13H10Cl5F3N2/c14-4-12(5-15)3-7(12)11(18)23-22-10-8(16)1-6(2-9(10)17)13(19,20)21/h1-2,7,22H,3-5H2. The lowest BCUT2D eigenvalue weighted by molar-refractivity contribution is -0.137. The van der Waals surface area contributed by atoms with Gasteiger partial charge in [-0.25, -0.2) is 0 Å². The third kappa shape index (κ3) is 4.13. The molecule has 1 saturated carbocycles. The molecule has 128 valence electrons. The van der Waals surface area contributed by atoms with Gasteiger partial charge in [-0.1, -0.05) is 34.8 Å². The maximum atomic E-state index is 12.7. The summed E-state index contributed by atoms with van der Waals surface area (Å²) < 4.78 is 38.0. The van der Waals surface area contributed by atoms with Gasteiger partial charge in [-0.2, -0.15) is 18.3 Å². The van der Waals surface area contributed by atoms with Crippen LogP contribution in [0, 0.1) is 11.3 Å². The lowest BCUT2D eigenvalue weighted by Crippen LogP contribution is -2.12. The number of nitrogens with zero attached hydrogens (tertiary/aromatic N) is 1. The minimum absolute atomic E-state index is 0.0440. The molecule has 0 bridgehead atoms. The monoisotopic (exact) mass is 426 g/mol. The largest absolute Gasteiger partial charge is 0.416 e. The summed E-state index contributed by atoms with van der Waals surface area (Å²) in [5.41, 5.74) is 1.31. The van der Waals surface area contributed by atoms with E-state index in [1.807, 2.05) is 0 Å². The second-order valence-corrected chi connectivity index (χ2v) is 6.98. The summed E-state index contributed by atoms with van der Waals surface area (Å²) in [7, 11) is 0. The van der Waals surface area contributed by atoms with Crippen LogP contribution < -0.4 is 5.43 Å². The SMILES string of the molecule is FC(F)(F)c1cc(Cl)c(NN=C(Cl)C2CC2(CCl)CCl)c(Cl)c1. The van der Waals surface area contributed by atoms with Crippen molar-refractivity contribution < 1.29 is 13.2 Å². The van der Waals surface area contributed by atoms with E-state index in [-0.39, 0.29) is 32.2 Å². The molecule has 0 saturated heterocycles. The van der Waals surface area contributed by atoms with Gasteiger partial charge >= 0.3 is 6.18 Å². The van der Waals surface area contributed by atoms with Crippen molar-refractivity contribution in [3.05, 3.63) is 27.7 Å². The van der Waals surface area contributed by atoms with Crippen molar-refractivity contribution in [3.8, 4) is 0 Å². The Morgan fingerprint density at radius 2 is 1.74 bits per heavy atom. The zero-order chi connectivity index (χ0) is 17.4. The minimum atomic E-state index is -4.54. The predicted molar refractivity (Wildman–Crippen MR) is 90.4 cm³/mol. The summed E-state index contributed by atoms with van der Waals surface area (Å²) in [6, 6.07) is 1.52. The first kappa shape index (κ1) is 19.3. The van der Waals surface area contributed by atoms with E-state index in [2.05, 4.69) is 10.5 Å². The van der Waals surface area contributed by atoms with Gasteiger partial charge in [0.15, 0.2) is 0 Å². The van der Waals surface area contributed by atoms with E-state index in [9.17, 15) is 13.2 Å². The Kier molecular flexibility index (Phi) is 5.90. The Morgan fingerprint density at radius 1 is 1.22 bits per heavy atom. The van der Waals surface area contributed by atoms with Gasteiger partial charge in [0.05, 0.1) is 21.3 Å². The van der Waals surface area contributed by atoms with E-state index in [1.165, 1.54) is 0 Å². The molecule has 1 aliphatic carbocycles. The van der Waals surface area contributed by atoms with Gasteiger partial charge in [-0.05, 0) is 18.6 Å². The fourth-order valence-electron chi connectivity index (χ4n) is 2.05. The maximum Gasteiger partial charge on any atom is 0.416 e. The van der Waals surface area contributed by atoms with E-state index in [4.69, 9.17) is 58.0 Å². The molecule has 1 fully saturated rings. The van der Waals surface area contributed by atoms with Crippen molar-refractivity contribution in [1.29, 1.82) is 0 Å². The van der Waals surface area contributed by atoms with Crippen molar-refractivity contribution >= 4 is 68.9 Å². The molecule has 1 aliphatic rings. The summed E-state index contributed by atoms with van der Waals surface area (Å²) in [5.74, 6) is 0.585. The first-order valence-electron chi connectivity index (χ1n) is 6.32. The molecule has 0 spiro atoms. The van der Waals surface area contributed by atoms with E-state index < -0.39 is 11.7 Å². The van der Waals surface area contributed by atoms with Gasteiger partial charge in [-0.3, -0.25) is 5.43 Å². The number of hydrogen-bond acceptors (Lipinski definition) is 2. The first-order valence-corrected chi connectivity index (χ1v) is 8.52. The molecule has 0 radical (unpaired) electrons. The molecule has 0 amide bonds. The highest BCUT2D eigenvalue weighted by Crippen LogP contribution is 2.55. The summed E-state index contributed by atoms with van der Waals surface area (Å²) >= 11 is 29.4. The lowest BCUT2D eigenvalue weighted by atomic mass is 10.1. The number of hydrogen-bond donors (Lipinski definition) is 1. The number of hydrazone groups is 1. The third-order valence-corrected chi connectivity index (χ3v) is 5.66. The van der Waals surface area contributed by atoms with Crippen LogP contribution in [0.15, 0.2) is 17.2 Å². The van der Waals surface area contributed by atoms with Gasteiger partial charge < -0.3 is 0 Å².